The molecule has 1 aromatic carbocycles. The molecule has 0 aliphatic carbocycles. The van der Waals surface area contributed by atoms with Gasteiger partial charge in [0.25, 0.3) is 5.91 Å². The van der Waals surface area contributed by atoms with Gasteiger partial charge in [0, 0.05) is 51.5 Å². The summed E-state index contributed by atoms with van der Waals surface area (Å²) in [5, 5.41) is 5.08. The zero-order valence-electron chi connectivity index (χ0n) is 18.7. The molecule has 1 fully saturated rings. The molecular weight excluding hydrogens is 426 g/mol. The second-order valence-corrected chi connectivity index (χ2v) is 8.53. The molecular formula is C24H28ClN5O2. The van der Waals surface area contributed by atoms with Crippen molar-refractivity contribution in [3.63, 3.8) is 0 Å². The highest BCUT2D eigenvalue weighted by molar-refractivity contribution is 6.30. The van der Waals surface area contributed by atoms with E-state index in [1.165, 1.54) is 0 Å². The molecule has 1 amide bonds. The number of aryl methyl sites for hydroxylation is 3. The first kappa shape index (κ1) is 22.3. The van der Waals surface area contributed by atoms with Crippen molar-refractivity contribution in [2.24, 2.45) is 7.05 Å². The molecule has 3 heterocycles. The maximum atomic E-state index is 13.3. The van der Waals surface area contributed by atoms with Gasteiger partial charge in [-0.2, -0.15) is 5.10 Å². The third-order valence-corrected chi connectivity index (χ3v) is 6.24. The van der Waals surface area contributed by atoms with Crippen molar-refractivity contribution in [2.45, 2.75) is 26.8 Å². The molecule has 0 radical (unpaired) electrons. The van der Waals surface area contributed by atoms with E-state index in [-0.39, 0.29) is 5.91 Å². The first-order valence-electron chi connectivity index (χ1n) is 10.8. The van der Waals surface area contributed by atoms with Crippen LogP contribution in [0.3, 0.4) is 0 Å². The van der Waals surface area contributed by atoms with Crippen LogP contribution >= 0.6 is 11.6 Å². The molecule has 8 heteroatoms. The van der Waals surface area contributed by atoms with Gasteiger partial charge < -0.3 is 9.64 Å². The minimum Gasteiger partial charge on any atom is -0.438 e. The van der Waals surface area contributed by atoms with Crippen LogP contribution in [0, 0.1) is 13.8 Å². The van der Waals surface area contributed by atoms with E-state index in [4.69, 9.17) is 16.3 Å². The van der Waals surface area contributed by atoms with Gasteiger partial charge in [0.1, 0.15) is 16.5 Å². The van der Waals surface area contributed by atoms with Crippen LogP contribution < -0.4 is 4.74 Å². The standard InChI is InChI=1S/C24H28ClN5O2/c1-17-7-9-19(10-8-17)32-23-20(6-4-11-26-23)24(31)30-13-5-12-29(14-15-30)16-21-18(2)27-28(3)22(21)25/h4,6-11H,5,12-16H2,1-3H3. The number of amides is 1. The predicted molar refractivity (Wildman–Crippen MR) is 124 cm³/mol. The molecule has 1 aliphatic rings. The lowest BCUT2D eigenvalue weighted by molar-refractivity contribution is 0.0757. The van der Waals surface area contributed by atoms with Crippen molar-refractivity contribution >= 4 is 17.5 Å². The van der Waals surface area contributed by atoms with Crippen LogP contribution in [0.1, 0.15) is 33.6 Å². The summed E-state index contributed by atoms with van der Waals surface area (Å²) in [6.07, 6.45) is 2.53. The van der Waals surface area contributed by atoms with Crippen LogP contribution in [0.25, 0.3) is 0 Å². The van der Waals surface area contributed by atoms with Gasteiger partial charge >= 0.3 is 0 Å². The number of benzene rings is 1. The van der Waals surface area contributed by atoms with Crippen molar-refractivity contribution < 1.29 is 9.53 Å². The van der Waals surface area contributed by atoms with Gasteiger partial charge in [0.05, 0.1) is 5.69 Å². The number of nitrogens with zero attached hydrogens (tertiary/aromatic N) is 5. The Hall–Kier alpha value is -2.90. The van der Waals surface area contributed by atoms with E-state index in [9.17, 15) is 4.79 Å². The van der Waals surface area contributed by atoms with Gasteiger partial charge in [0.15, 0.2) is 0 Å². The summed E-state index contributed by atoms with van der Waals surface area (Å²) in [7, 11) is 1.85. The van der Waals surface area contributed by atoms with Crippen molar-refractivity contribution in [3.05, 3.63) is 70.1 Å². The van der Waals surface area contributed by atoms with Crippen LogP contribution in [0.5, 0.6) is 11.6 Å². The molecule has 0 unspecified atom stereocenters. The SMILES string of the molecule is Cc1ccc(Oc2ncccc2C(=O)N2CCCN(Cc3c(C)nn(C)c3Cl)CC2)cc1. The third kappa shape index (κ3) is 4.95. The molecule has 3 aromatic rings. The second kappa shape index (κ2) is 9.71. The molecule has 32 heavy (non-hydrogen) atoms. The fourth-order valence-corrected chi connectivity index (χ4v) is 4.17. The second-order valence-electron chi connectivity index (χ2n) is 8.17. The van der Waals surface area contributed by atoms with Gasteiger partial charge in [-0.3, -0.25) is 14.4 Å². The Morgan fingerprint density at radius 1 is 1.09 bits per heavy atom. The van der Waals surface area contributed by atoms with Crippen molar-refractivity contribution in [1.82, 2.24) is 24.6 Å². The lowest BCUT2D eigenvalue weighted by Crippen LogP contribution is -2.35. The number of pyridine rings is 1. The van der Waals surface area contributed by atoms with E-state index >= 15 is 0 Å². The Bertz CT molecular complexity index is 1100. The summed E-state index contributed by atoms with van der Waals surface area (Å²) in [5.41, 5.74) is 3.62. The van der Waals surface area contributed by atoms with Crippen LogP contribution in [-0.2, 0) is 13.6 Å². The molecule has 0 atom stereocenters. The number of hydrogen-bond donors (Lipinski definition) is 0. The third-order valence-electron chi connectivity index (χ3n) is 5.76. The van der Waals surface area contributed by atoms with E-state index in [1.54, 1.807) is 23.0 Å². The van der Waals surface area contributed by atoms with Gasteiger partial charge in [-0.05, 0) is 44.5 Å². The molecule has 7 nitrogen and oxygen atoms in total. The summed E-state index contributed by atoms with van der Waals surface area (Å²) in [5.74, 6) is 0.937. The smallest absolute Gasteiger partial charge is 0.259 e. The number of carbonyl (C=O) groups excluding carboxylic acids is 1. The van der Waals surface area contributed by atoms with Crippen molar-refractivity contribution in [3.8, 4) is 11.6 Å². The Morgan fingerprint density at radius 2 is 1.88 bits per heavy atom. The van der Waals surface area contributed by atoms with Gasteiger partial charge in [-0.15, -0.1) is 0 Å². The van der Waals surface area contributed by atoms with Crippen molar-refractivity contribution in [1.29, 1.82) is 0 Å². The normalized spacial score (nSPS) is 14.9. The summed E-state index contributed by atoms with van der Waals surface area (Å²) >= 11 is 6.41. The van der Waals surface area contributed by atoms with E-state index in [1.807, 2.05) is 50.1 Å². The van der Waals surface area contributed by atoms with Crippen LogP contribution in [0.2, 0.25) is 5.15 Å². The number of hydrogen-bond acceptors (Lipinski definition) is 5. The first-order valence-corrected chi connectivity index (χ1v) is 11.2. The van der Waals surface area contributed by atoms with Crippen LogP contribution in [-0.4, -0.2) is 56.7 Å². The topological polar surface area (TPSA) is 63.5 Å². The monoisotopic (exact) mass is 453 g/mol. The maximum Gasteiger partial charge on any atom is 0.259 e. The van der Waals surface area contributed by atoms with Gasteiger partial charge in [-0.25, -0.2) is 4.98 Å². The average Bonchev–Trinajstić information content (AvgIpc) is 2.95. The molecule has 0 saturated carbocycles. The molecule has 0 spiro atoms. The summed E-state index contributed by atoms with van der Waals surface area (Å²) < 4.78 is 7.65. The van der Waals surface area contributed by atoms with Crippen molar-refractivity contribution in [2.75, 3.05) is 26.2 Å². The highest BCUT2D eigenvalue weighted by Crippen LogP contribution is 2.25. The van der Waals surface area contributed by atoms with Crippen LogP contribution in [0.4, 0.5) is 0 Å². The molecule has 1 saturated heterocycles. The molecule has 0 bridgehead atoms. The minimum atomic E-state index is -0.0577. The summed E-state index contributed by atoms with van der Waals surface area (Å²) in [6.45, 7) is 7.72. The molecule has 4 rings (SSSR count). The molecule has 0 N–H and O–H groups in total. The lowest BCUT2D eigenvalue weighted by atomic mass is 10.2. The van der Waals surface area contributed by atoms with E-state index < -0.39 is 0 Å². The zero-order valence-corrected chi connectivity index (χ0v) is 19.5. The highest BCUT2D eigenvalue weighted by atomic mass is 35.5. The van der Waals surface area contributed by atoms with Gasteiger partial charge in [-0.1, -0.05) is 29.3 Å². The Morgan fingerprint density at radius 3 is 2.59 bits per heavy atom. The van der Waals surface area contributed by atoms with E-state index in [0.29, 0.717) is 35.4 Å². The Balaban J connectivity index is 1.44. The summed E-state index contributed by atoms with van der Waals surface area (Å²) in [4.78, 5) is 21.9. The maximum absolute atomic E-state index is 13.3. The Kier molecular flexibility index (Phi) is 6.77. The predicted octanol–water partition coefficient (Wildman–Crippen LogP) is 4.23. The first-order chi connectivity index (χ1) is 15.4. The zero-order chi connectivity index (χ0) is 22.7. The number of carbonyl (C=O) groups is 1. The fraction of sp³-hybridized carbons (Fsp3) is 0.375. The molecule has 168 valence electrons. The molecule has 2 aromatic heterocycles. The quantitative estimate of drug-likeness (QED) is 0.578. The fourth-order valence-electron chi connectivity index (χ4n) is 3.93. The summed E-state index contributed by atoms with van der Waals surface area (Å²) in [6, 6.07) is 11.3. The molecule has 1 aliphatic heterocycles. The minimum absolute atomic E-state index is 0.0577. The lowest BCUT2D eigenvalue weighted by Gasteiger charge is -2.22. The van der Waals surface area contributed by atoms with E-state index in [0.717, 1.165) is 42.9 Å². The number of aromatic nitrogens is 3. The van der Waals surface area contributed by atoms with Gasteiger partial charge in [0.2, 0.25) is 5.88 Å². The number of ether oxygens (including phenoxy) is 1. The number of halogens is 1. The average molecular weight is 454 g/mol. The highest BCUT2D eigenvalue weighted by Gasteiger charge is 2.25. The van der Waals surface area contributed by atoms with Crippen LogP contribution in [0.15, 0.2) is 42.6 Å². The number of rotatable bonds is 5. The Labute approximate surface area is 193 Å². The van der Waals surface area contributed by atoms with E-state index in [2.05, 4.69) is 15.0 Å². The largest absolute Gasteiger partial charge is 0.438 e.